The maximum absolute atomic E-state index is 12.8. The third-order valence-corrected chi connectivity index (χ3v) is 8.59. The lowest BCUT2D eigenvalue weighted by Crippen LogP contribution is -2.42. The lowest BCUT2D eigenvalue weighted by Gasteiger charge is -2.26. The Kier molecular flexibility index (Phi) is 5.92. The number of nitrogens with one attached hydrogen (secondary N) is 2. The predicted molar refractivity (Wildman–Crippen MR) is 108 cm³/mol. The molecule has 158 valence electrons. The van der Waals surface area contributed by atoms with E-state index in [-0.39, 0.29) is 16.4 Å². The lowest BCUT2D eigenvalue weighted by atomic mass is 9.86. The van der Waals surface area contributed by atoms with E-state index in [1.807, 2.05) is 0 Å². The summed E-state index contributed by atoms with van der Waals surface area (Å²) in [6, 6.07) is 5.99. The van der Waals surface area contributed by atoms with E-state index in [9.17, 15) is 18.0 Å². The molecule has 2 amide bonds. The van der Waals surface area contributed by atoms with Gasteiger partial charge in [0.1, 0.15) is 0 Å². The first-order chi connectivity index (χ1) is 13.9. The molecule has 1 aromatic carbocycles. The summed E-state index contributed by atoms with van der Waals surface area (Å²) >= 11 is 0. The Morgan fingerprint density at radius 3 is 2.52 bits per heavy atom. The number of carbonyl (C=O) groups excluding carboxylic acids is 2. The maximum Gasteiger partial charge on any atom is 0.269 e. The van der Waals surface area contributed by atoms with Gasteiger partial charge >= 0.3 is 0 Å². The largest absolute Gasteiger partial charge is 0.273 e. The predicted octanol–water partition coefficient (Wildman–Crippen LogP) is 2.45. The second-order valence-electron chi connectivity index (χ2n) is 8.63. The molecule has 0 unspecified atom stereocenters. The zero-order valence-electron chi connectivity index (χ0n) is 16.6. The van der Waals surface area contributed by atoms with Crippen molar-refractivity contribution in [1.82, 2.24) is 15.2 Å². The number of carbonyl (C=O) groups is 2. The minimum Gasteiger partial charge on any atom is -0.273 e. The number of benzene rings is 1. The van der Waals surface area contributed by atoms with E-state index in [0.29, 0.717) is 31.3 Å². The van der Waals surface area contributed by atoms with Crippen LogP contribution in [0.5, 0.6) is 0 Å². The van der Waals surface area contributed by atoms with Gasteiger partial charge in [-0.3, -0.25) is 20.4 Å². The average molecular weight is 420 g/mol. The van der Waals surface area contributed by atoms with Crippen LogP contribution in [0, 0.1) is 17.8 Å². The van der Waals surface area contributed by atoms with Crippen LogP contribution < -0.4 is 10.9 Å². The van der Waals surface area contributed by atoms with Crippen LogP contribution in [0.25, 0.3) is 0 Å². The van der Waals surface area contributed by atoms with Crippen LogP contribution >= 0.6 is 0 Å². The number of hydrogen-bond donors (Lipinski definition) is 2. The Bertz CT molecular complexity index is 880. The first kappa shape index (κ1) is 20.3. The smallest absolute Gasteiger partial charge is 0.269 e. The Hall–Kier alpha value is -1.93. The maximum atomic E-state index is 12.8. The number of fused-ring (bicyclic) bond motifs is 2. The number of amides is 2. The van der Waals surface area contributed by atoms with Gasteiger partial charge in [-0.25, -0.2) is 8.42 Å². The summed E-state index contributed by atoms with van der Waals surface area (Å²) in [6.45, 7) is 1.02. The van der Waals surface area contributed by atoms with Crippen molar-refractivity contribution in [3.05, 3.63) is 29.8 Å². The van der Waals surface area contributed by atoms with Gasteiger partial charge in [-0.05, 0) is 68.1 Å². The van der Waals surface area contributed by atoms with Crippen molar-refractivity contribution in [1.29, 1.82) is 0 Å². The van der Waals surface area contributed by atoms with Crippen molar-refractivity contribution < 1.29 is 18.0 Å². The SMILES string of the molecule is O=C(C[C@@H]1C[C@H]2CC[C@@H]1C2)NNC(=O)c1cccc(S(=O)(=O)N2CCCCC2)c1. The van der Waals surface area contributed by atoms with Crippen molar-refractivity contribution in [2.45, 2.75) is 56.3 Å². The van der Waals surface area contributed by atoms with Crippen LogP contribution in [0.2, 0.25) is 0 Å². The van der Waals surface area contributed by atoms with Crippen molar-refractivity contribution >= 4 is 21.8 Å². The molecule has 0 spiro atoms. The second kappa shape index (κ2) is 8.44. The molecule has 3 atom stereocenters. The molecule has 3 fully saturated rings. The fourth-order valence-corrected chi connectivity index (χ4v) is 6.73. The first-order valence-electron chi connectivity index (χ1n) is 10.6. The minimum absolute atomic E-state index is 0.111. The molecule has 8 heteroatoms. The van der Waals surface area contributed by atoms with Crippen molar-refractivity contribution in [3.8, 4) is 0 Å². The fraction of sp³-hybridized carbons (Fsp3) is 0.619. The van der Waals surface area contributed by atoms with Crippen LogP contribution in [0.3, 0.4) is 0 Å². The summed E-state index contributed by atoms with van der Waals surface area (Å²) < 4.78 is 27.1. The molecule has 0 aromatic heterocycles. The average Bonchev–Trinajstić information content (AvgIpc) is 3.36. The van der Waals surface area contributed by atoms with Crippen LogP contribution in [-0.4, -0.2) is 37.6 Å². The Labute approximate surface area is 172 Å². The van der Waals surface area contributed by atoms with Gasteiger partial charge in [-0.2, -0.15) is 4.31 Å². The van der Waals surface area contributed by atoms with E-state index in [4.69, 9.17) is 0 Å². The monoisotopic (exact) mass is 419 g/mol. The molecule has 4 rings (SSSR count). The molecule has 3 aliphatic rings. The third kappa shape index (κ3) is 4.48. The Morgan fingerprint density at radius 1 is 1.03 bits per heavy atom. The highest BCUT2D eigenvalue weighted by molar-refractivity contribution is 7.89. The molecule has 29 heavy (non-hydrogen) atoms. The van der Waals surface area contributed by atoms with Gasteiger partial charge in [0.2, 0.25) is 15.9 Å². The first-order valence-corrected chi connectivity index (χ1v) is 12.1. The van der Waals surface area contributed by atoms with E-state index < -0.39 is 15.9 Å². The van der Waals surface area contributed by atoms with Crippen LogP contribution in [-0.2, 0) is 14.8 Å². The molecule has 7 nitrogen and oxygen atoms in total. The van der Waals surface area contributed by atoms with E-state index in [1.165, 1.54) is 35.7 Å². The highest BCUT2D eigenvalue weighted by Crippen LogP contribution is 2.49. The molecular formula is C21H29N3O4S. The molecule has 1 heterocycles. The molecule has 1 saturated heterocycles. The number of rotatable bonds is 5. The topological polar surface area (TPSA) is 95.6 Å². The van der Waals surface area contributed by atoms with Crippen LogP contribution in [0.1, 0.15) is 61.7 Å². The van der Waals surface area contributed by atoms with Crippen LogP contribution in [0.15, 0.2) is 29.2 Å². The van der Waals surface area contributed by atoms with Crippen molar-refractivity contribution in [2.24, 2.45) is 17.8 Å². The normalized spacial score (nSPS) is 27.0. The standard InChI is InChI=1S/C21H29N3O4S/c25-20(14-18-12-15-7-8-16(18)11-15)22-23-21(26)17-5-4-6-19(13-17)29(27,28)24-9-2-1-3-10-24/h4-6,13,15-16,18H,1-3,7-12,14H2,(H,22,25)(H,23,26)/t15-,16+,18-/m0/s1. The molecule has 2 aliphatic carbocycles. The van der Waals surface area contributed by atoms with Gasteiger partial charge in [-0.15, -0.1) is 0 Å². The van der Waals surface area contributed by atoms with E-state index in [0.717, 1.165) is 31.6 Å². The van der Waals surface area contributed by atoms with Gasteiger partial charge < -0.3 is 0 Å². The van der Waals surface area contributed by atoms with Crippen molar-refractivity contribution in [3.63, 3.8) is 0 Å². The third-order valence-electron chi connectivity index (χ3n) is 6.70. The molecule has 0 radical (unpaired) electrons. The zero-order valence-corrected chi connectivity index (χ0v) is 17.4. The summed E-state index contributed by atoms with van der Waals surface area (Å²) in [5.41, 5.74) is 5.13. The van der Waals surface area contributed by atoms with E-state index in [2.05, 4.69) is 10.9 Å². The molecule has 2 bridgehead atoms. The zero-order chi connectivity index (χ0) is 20.4. The number of hydrazine groups is 1. The lowest BCUT2D eigenvalue weighted by molar-refractivity contribution is -0.123. The fourth-order valence-electron chi connectivity index (χ4n) is 5.17. The van der Waals surface area contributed by atoms with Crippen LogP contribution in [0.4, 0.5) is 0 Å². The Morgan fingerprint density at radius 2 is 1.83 bits per heavy atom. The van der Waals surface area contributed by atoms with Gasteiger partial charge in [0.25, 0.3) is 5.91 Å². The minimum atomic E-state index is -3.60. The van der Waals surface area contributed by atoms with Gasteiger partial charge in [0, 0.05) is 25.1 Å². The summed E-state index contributed by atoms with van der Waals surface area (Å²) in [5, 5.41) is 0. The Balaban J connectivity index is 1.34. The molecule has 1 aromatic rings. The highest BCUT2D eigenvalue weighted by atomic mass is 32.2. The second-order valence-corrected chi connectivity index (χ2v) is 10.6. The van der Waals surface area contributed by atoms with Gasteiger partial charge in [0.05, 0.1) is 4.90 Å². The molecular weight excluding hydrogens is 390 g/mol. The number of piperidine rings is 1. The highest BCUT2D eigenvalue weighted by Gasteiger charge is 2.40. The molecule has 1 aliphatic heterocycles. The number of hydrogen-bond acceptors (Lipinski definition) is 4. The number of nitrogens with zero attached hydrogens (tertiary/aromatic N) is 1. The van der Waals surface area contributed by atoms with Gasteiger partial charge in [0.15, 0.2) is 0 Å². The molecule has 2 N–H and O–H groups in total. The summed E-state index contributed by atoms with van der Waals surface area (Å²) in [5.74, 6) is 1.15. The summed E-state index contributed by atoms with van der Waals surface area (Å²) in [6.07, 6.45) is 8.04. The quantitative estimate of drug-likeness (QED) is 0.717. The molecule has 2 saturated carbocycles. The summed E-state index contributed by atoms with van der Waals surface area (Å²) in [4.78, 5) is 24.8. The summed E-state index contributed by atoms with van der Waals surface area (Å²) in [7, 11) is -3.60. The van der Waals surface area contributed by atoms with E-state index in [1.54, 1.807) is 12.1 Å². The van der Waals surface area contributed by atoms with Crippen molar-refractivity contribution in [2.75, 3.05) is 13.1 Å². The van der Waals surface area contributed by atoms with E-state index >= 15 is 0 Å². The van der Waals surface area contributed by atoms with Gasteiger partial charge in [-0.1, -0.05) is 18.9 Å². The number of sulfonamides is 1.